The lowest BCUT2D eigenvalue weighted by Gasteiger charge is -2.28. The van der Waals surface area contributed by atoms with E-state index in [0.717, 1.165) is 32.1 Å². The molecule has 0 spiro atoms. The number of carbonyl (C=O) groups is 1. The standard InChI is InChI=1S/C17H26N2O/c1-13(18)11-12-19-17(20)16-9-7-15(8-10-16)14-5-3-2-4-6-14/h2-6,13,15-16H,7-12,18H2,1H3,(H,19,20). The summed E-state index contributed by atoms with van der Waals surface area (Å²) in [4.78, 5) is 12.1. The molecule has 0 heterocycles. The van der Waals surface area contributed by atoms with Gasteiger partial charge in [-0.3, -0.25) is 4.79 Å². The molecule has 0 aromatic heterocycles. The Hall–Kier alpha value is -1.35. The van der Waals surface area contributed by atoms with Gasteiger partial charge in [-0.2, -0.15) is 0 Å². The topological polar surface area (TPSA) is 55.1 Å². The van der Waals surface area contributed by atoms with Crippen LogP contribution in [0.5, 0.6) is 0 Å². The maximum absolute atomic E-state index is 12.1. The van der Waals surface area contributed by atoms with Gasteiger partial charge >= 0.3 is 0 Å². The van der Waals surface area contributed by atoms with Crippen molar-refractivity contribution in [2.24, 2.45) is 11.7 Å². The van der Waals surface area contributed by atoms with Gasteiger partial charge in [0.2, 0.25) is 5.91 Å². The fourth-order valence-electron chi connectivity index (χ4n) is 2.98. The zero-order valence-corrected chi connectivity index (χ0v) is 12.3. The Bertz CT molecular complexity index is 408. The van der Waals surface area contributed by atoms with Crippen molar-refractivity contribution < 1.29 is 4.79 Å². The molecule has 1 aliphatic carbocycles. The second-order valence-corrected chi connectivity index (χ2v) is 6.02. The Kier molecular flexibility index (Phi) is 5.60. The Morgan fingerprint density at radius 1 is 1.25 bits per heavy atom. The van der Waals surface area contributed by atoms with Crippen molar-refractivity contribution in [2.75, 3.05) is 6.54 Å². The molecule has 20 heavy (non-hydrogen) atoms. The molecular weight excluding hydrogens is 248 g/mol. The monoisotopic (exact) mass is 274 g/mol. The summed E-state index contributed by atoms with van der Waals surface area (Å²) in [7, 11) is 0. The third-order valence-electron chi connectivity index (χ3n) is 4.27. The lowest BCUT2D eigenvalue weighted by atomic mass is 9.78. The molecule has 1 atom stereocenters. The van der Waals surface area contributed by atoms with Gasteiger partial charge in [0.1, 0.15) is 0 Å². The van der Waals surface area contributed by atoms with Gasteiger partial charge in [-0.1, -0.05) is 30.3 Å². The van der Waals surface area contributed by atoms with E-state index in [2.05, 4.69) is 35.6 Å². The number of carbonyl (C=O) groups excluding carboxylic acids is 1. The van der Waals surface area contributed by atoms with Crippen molar-refractivity contribution >= 4 is 5.91 Å². The fraction of sp³-hybridized carbons (Fsp3) is 0.588. The average molecular weight is 274 g/mol. The normalized spacial score (nSPS) is 24.1. The van der Waals surface area contributed by atoms with Gasteiger partial charge in [-0.25, -0.2) is 0 Å². The van der Waals surface area contributed by atoms with E-state index in [1.807, 2.05) is 6.92 Å². The molecule has 0 radical (unpaired) electrons. The second-order valence-electron chi connectivity index (χ2n) is 6.02. The number of amides is 1. The summed E-state index contributed by atoms with van der Waals surface area (Å²) in [5.74, 6) is 1.05. The number of hydrogen-bond acceptors (Lipinski definition) is 2. The molecule has 0 saturated heterocycles. The van der Waals surface area contributed by atoms with E-state index >= 15 is 0 Å². The number of nitrogens with two attached hydrogens (primary N) is 1. The molecule has 110 valence electrons. The summed E-state index contributed by atoms with van der Waals surface area (Å²) in [6, 6.07) is 10.8. The van der Waals surface area contributed by atoms with Gasteiger partial charge in [-0.15, -0.1) is 0 Å². The molecule has 2 rings (SSSR count). The molecule has 1 aliphatic rings. The number of hydrogen-bond donors (Lipinski definition) is 2. The quantitative estimate of drug-likeness (QED) is 0.867. The number of nitrogens with one attached hydrogen (secondary N) is 1. The van der Waals surface area contributed by atoms with Gasteiger partial charge < -0.3 is 11.1 Å². The highest BCUT2D eigenvalue weighted by molar-refractivity contribution is 5.78. The van der Waals surface area contributed by atoms with Crippen LogP contribution in [-0.2, 0) is 4.79 Å². The first-order valence-electron chi connectivity index (χ1n) is 7.75. The van der Waals surface area contributed by atoms with E-state index in [9.17, 15) is 4.79 Å². The molecule has 1 amide bonds. The van der Waals surface area contributed by atoms with E-state index in [4.69, 9.17) is 5.73 Å². The predicted octanol–water partition coefficient (Wildman–Crippen LogP) is 2.81. The average Bonchev–Trinajstić information content (AvgIpc) is 2.48. The summed E-state index contributed by atoms with van der Waals surface area (Å²) in [6.07, 6.45) is 5.10. The molecule has 0 bridgehead atoms. The highest BCUT2D eigenvalue weighted by atomic mass is 16.1. The van der Waals surface area contributed by atoms with Crippen LogP contribution in [0.15, 0.2) is 30.3 Å². The van der Waals surface area contributed by atoms with Crippen molar-refractivity contribution in [3.05, 3.63) is 35.9 Å². The van der Waals surface area contributed by atoms with Crippen LogP contribution in [0, 0.1) is 5.92 Å². The van der Waals surface area contributed by atoms with Crippen LogP contribution < -0.4 is 11.1 Å². The van der Waals surface area contributed by atoms with Crippen molar-refractivity contribution in [1.29, 1.82) is 0 Å². The smallest absolute Gasteiger partial charge is 0.223 e. The molecule has 1 aromatic carbocycles. The summed E-state index contributed by atoms with van der Waals surface area (Å²) < 4.78 is 0. The minimum atomic E-state index is 0.157. The molecule has 1 aromatic rings. The molecule has 1 saturated carbocycles. The number of benzene rings is 1. The molecule has 1 unspecified atom stereocenters. The molecule has 0 aliphatic heterocycles. The largest absolute Gasteiger partial charge is 0.356 e. The van der Waals surface area contributed by atoms with E-state index in [1.54, 1.807) is 0 Å². The Balaban J connectivity index is 1.75. The van der Waals surface area contributed by atoms with Gasteiger partial charge in [0.05, 0.1) is 0 Å². The highest BCUT2D eigenvalue weighted by Gasteiger charge is 2.26. The van der Waals surface area contributed by atoms with Gasteiger partial charge in [0.25, 0.3) is 0 Å². The van der Waals surface area contributed by atoms with Crippen molar-refractivity contribution in [3.8, 4) is 0 Å². The lowest BCUT2D eigenvalue weighted by Crippen LogP contribution is -2.35. The Morgan fingerprint density at radius 3 is 2.50 bits per heavy atom. The van der Waals surface area contributed by atoms with Gasteiger partial charge in [0, 0.05) is 18.5 Å². The predicted molar refractivity (Wildman–Crippen MR) is 82.4 cm³/mol. The zero-order valence-electron chi connectivity index (χ0n) is 12.3. The number of rotatable bonds is 5. The Labute approximate surface area is 121 Å². The van der Waals surface area contributed by atoms with Crippen LogP contribution in [0.4, 0.5) is 0 Å². The molecule has 1 fully saturated rings. The molecule has 3 heteroatoms. The summed E-state index contributed by atoms with van der Waals surface area (Å²) in [5.41, 5.74) is 7.11. The summed E-state index contributed by atoms with van der Waals surface area (Å²) >= 11 is 0. The van der Waals surface area contributed by atoms with E-state index in [1.165, 1.54) is 5.56 Å². The van der Waals surface area contributed by atoms with Gasteiger partial charge in [-0.05, 0) is 50.5 Å². The van der Waals surface area contributed by atoms with Crippen molar-refractivity contribution in [2.45, 2.75) is 51.0 Å². The van der Waals surface area contributed by atoms with E-state index < -0.39 is 0 Å². The molecule has 3 nitrogen and oxygen atoms in total. The second kappa shape index (κ2) is 7.44. The first kappa shape index (κ1) is 15.0. The molecule has 3 N–H and O–H groups in total. The highest BCUT2D eigenvalue weighted by Crippen LogP contribution is 2.35. The summed E-state index contributed by atoms with van der Waals surface area (Å²) in [5, 5.41) is 3.02. The van der Waals surface area contributed by atoms with E-state index in [0.29, 0.717) is 12.5 Å². The minimum absolute atomic E-state index is 0.157. The maximum atomic E-state index is 12.1. The van der Waals surface area contributed by atoms with Crippen molar-refractivity contribution in [1.82, 2.24) is 5.32 Å². The van der Waals surface area contributed by atoms with Crippen LogP contribution in [0.25, 0.3) is 0 Å². The molecular formula is C17H26N2O. The van der Waals surface area contributed by atoms with Crippen LogP contribution in [0.2, 0.25) is 0 Å². The third kappa shape index (κ3) is 4.34. The SMILES string of the molecule is CC(N)CCNC(=O)C1CCC(c2ccccc2)CC1. The summed E-state index contributed by atoms with van der Waals surface area (Å²) in [6.45, 7) is 2.67. The van der Waals surface area contributed by atoms with Crippen LogP contribution in [-0.4, -0.2) is 18.5 Å². The minimum Gasteiger partial charge on any atom is -0.356 e. The lowest BCUT2D eigenvalue weighted by molar-refractivity contribution is -0.126. The van der Waals surface area contributed by atoms with Crippen molar-refractivity contribution in [3.63, 3.8) is 0 Å². The first-order valence-corrected chi connectivity index (χ1v) is 7.75. The first-order chi connectivity index (χ1) is 9.66. The van der Waals surface area contributed by atoms with Crippen LogP contribution in [0.1, 0.15) is 50.5 Å². The zero-order chi connectivity index (χ0) is 14.4. The Morgan fingerprint density at radius 2 is 1.90 bits per heavy atom. The van der Waals surface area contributed by atoms with Crippen LogP contribution in [0.3, 0.4) is 0 Å². The van der Waals surface area contributed by atoms with Crippen LogP contribution >= 0.6 is 0 Å². The fourth-order valence-corrected chi connectivity index (χ4v) is 2.98. The van der Waals surface area contributed by atoms with Gasteiger partial charge in [0.15, 0.2) is 0 Å². The maximum Gasteiger partial charge on any atom is 0.223 e. The third-order valence-corrected chi connectivity index (χ3v) is 4.27. The van der Waals surface area contributed by atoms with E-state index in [-0.39, 0.29) is 17.9 Å².